The summed E-state index contributed by atoms with van der Waals surface area (Å²) in [6.07, 6.45) is 3.66. The maximum Gasteiger partial charge on any atom is 0.193 e. The van der Waals surface area contributed by atoms with Crippen LogP contribution in [0.5, 0.6) is 0 Å². The molecule has 99 heavy (non-hydrogen) atoms. The van der Waals surface area contributed by atoms with E-state index in [0.29, 0.717) is 51.6 Å². The molecule has 4 aromatic heterocycles. The average molecular weight is 1300 g/mol. The van der Waals surface area contributed by atoms with Gasteiger partial charge in [0.1, 0.15) is 0 Å². The molecule has 13 rings (SSSR count). The lowest BCUT2D eigenvalue weighted by molar-refractivity contribution is 0.101. The first kappa shape index (κ1) is 67.6. The van der Waals surface area contributed by atoms with Crippen LogP contribution in [0.2, 0.25) is 0 Å². The van der Waals surface area contributed by atoms with Gasteiger partial charge < -0.3 is 0 Å². The van der Waals surface area contributed by atoms with Gasteiger partial charge >= 0.3 is 0 Å². The molecule has 0 unspecified atom stereocenters. The largest absolute Gasteiger partial charge is 0.295 e. The lowest BCUT2D eigenvalue weighted by atomic mass is 9.86. The molecule has 0 bridgehead atoms. The van der Waals surface area contributed by atoms with Crippen molar-refractivity contribution < 1.29 is 9.59 Å². The highest BCUT2D eigenvalue weighted by Crippen LogP contribution is 2.35. The molecule has 0 N–H and O–H groups in total. The summed E-state index contributed by atoms with van der Waals surface area (Å²) in [5, 5.41) is 0. The van der Waals surface area contributed by atoms with Crippen LogP contribution in [0.1, 0.15) is 139 Å². The van der Waals surface area contributed by atoms with E-state index in [1.807, 2.05) is 116 Å². The zero-order valence-corrected chi connectivity index (χ0v) is 58.7. The number of rotatable bonds is 13. The third-order valence-electron chi connectivity index (χ3n) is 17.9. The van der Waals surface area contributed by atoms with E-state index >= 15 is 0 Å². The maximum atomic E-state index is 12.8. The van der Waals surface area contributed by atoms with Gasteiger partial charge in [-0.05, 0) is 97.4 Å². The molecule has 0 fully saturated rings. The van der Waals surface area contributed by atoms with Crippen molar-refractivity contribution in [2.75, 3.05) is 0 Å². The summed E-state index contributed by atoms with van der Waals surface area (Å²) in [6.45, 7) is 28.1. The van der Waals surface area contributed by atoms with Crippen LogP contribution in [0.3, 0.4) is 0 Å². The van der Waals surface area contributed by atoms with Gasteiger partial charge in [0.2, 0.25) is 0 Å². The number of Topliss-reactive ketones (excluding diaryl/α,β-unsaturated/α-hetero) is 1. The normalized spacial score (nSPS) is 11.8. The second-order valence-electron chi connectivity index (χ2n) is 29.3. The Kier molecular flexibility index (Phi) is 19.1. The predicted octanol–water partition coefficient (Wildman–Crippen LogP) is 21.8. The molecule has 0 radical (unpaired) electrons. The van der Waals surface area contributed by atoms with Gasteiger partial charge in [-0.15, -0.1) is 0 Å². The molecule has 0 spiro atoms. The summed E-state index contributed by atoms with van der Waals surface area (Å²) in [7, 11) is 0. The second-order valence-corrected chi connectivity index (χ2v) is 29.3. The van der Waals surface area contributed by atoms with Gasteiger partial charge in [0.05, 0.1) is 11.4 Å². The molecule has 0 amide bonds. The summed E-state index contributed by atoms with van der Waals surface area (Å²) in [5.41, 5.74) is 20.7. The van der Waals surface area contributed by atoms with Crippen LogP contribution in [0.15, 0.2) is 261 Å². The van der Waals surface area contributed by atoms with Gasteiger partial charge in [-0.3, -0.25) is 19.6 Å². The summed E-state index contributed by atoms with van der Waals surface area (Å²) in [6, 6.07) is 83.4. The predicted molar refractivity (Wildman–Crippen MR) is 404 cm³/mol. The fourth-order valence-electron chi connectivity index (χ4n) is 11.5. The molecule has 0 saturated carbocycles. The first-order chi connectivity index (χ1) is 47.3. The van der Waals surface area contributed by atoms with Crippen molar-refractivity contribution in [2.45, 2.75) is 112 Å². The van der Waals surface area contributed by atoms with Crippen molar-refractivity contribution in [3.8, 4) is 113 Å². The number of hydrogen-bond donors (Lipinski definition) is 0. The third-order valence-corrected chi connectivity index (χ3v) is 17.9. The second kappa shape index (κ2) is 28.0. The summed E-state index contributed by atoms with van der Waals surface area (Å²) < 4.78 is 0. The molecule has 13 aromatic rings. The first-order valence-corrected chi connectivity index (χ1v) is 33.7. The van der Waals surface area contributed by atoms with Gasteiger partial charge in [0.25, 0.3) is 0 Å². The topological polar surface area (TPSA) is 137 Å². The Bertz CT molecular complexity index is 4820. The highest BCUT2D eigenvalue weighted by molar-refractivity contribution is 6.09. The Morgan fingerprint density at radius 3 is 0.707 bits per heavy atom. The molecule has 10 nitrogen and oxygen atoms in total. The summed E-state index contributed by atoms with van der Waals surface area (Å²) >= 11 is 0. The van der Waals surface area contributed by atoms with Crippen molar-refractivity contribution in [2.24, 2.45) is 0 Å². The number of carbonyl (C=O) groups is 2. The third kappa shape index (κ3) is 16.1. The van der Waals surface area contributed by atoms with E-state index in [2.05, 4.69) is 229 Å². The van der Waals surface area contributed by atoms with Crippen LogP contribution in [0.4, 0.5) is 0 Å². The molecule has 0 aliphatic carbocycles. The fourth-order valence-corrected chi connectivity index (χ4v) is 11.5. The lowest BCUT2D eigenvalue weighted by Crippen LogP contribution is -2.11. The minimum atomic E-state index is 0.0196. The number of benzene rings is 9. The van der Waals surface area contributed by atoms with E-state index in [9.17, 15) is 9.59 Å². The zero-order chi connectivity index (χ0) is 69.8. The quantitative estimate of drug-likeness (QED) is 0.103. The van der Waals surface area contributed by atoms with E-state index in [4.69, 9.17) is 39.9 Å². The minimum Gasteiger partial charge on any atom is -0.295 e. The van der Waals surface area contributed by atoms with Crippen LogP contribution < -0.4 is 0 Å². The minimum absolute atomic E-state index is 0.0196. The van der Waals surface area contributed by atoms with Gasteiger partial charge in [-0.2, -0.15) is 0 Å². The number of hydrogen-bond acceptors (Lipinski definition) is 10. The Morgan fingerprint density at radius 1 is 0.232 bits per heavy atom. The number of ketones is 2. The van der Waals surface area contributed by atoms with Crippen molar-refractivity contribution in [3.05, 3.63) is 300 Å². The van der Waals surface area contributed by atoms with E-state index < -0.39 is 0 Å². The molecular weight excluding hydrogens is 1210 g/mol. The molecule has 0 atom stereocenters. The average Bonchev–Trinajstić information content (AvgIpc) is 0.796. The highest BCUT2D eigenvalue weighted by Gasteiger charge is 2.22. The van der Waals surface area contributed by atoms with Crippen LogP contribution in [-0.2, 0) is 21.7 Å². The number of nitrogens with zero attached hydrogens (tertiary/aromatic N) is 8. The SMILES string of the molecule is CC(=O)c1ccc(-c2ccc(-c3ccc(-c4nc(-c5ccc(C(C)(C)C)cc5)nc(-c5ccc(C(C)(C)C)cc5)n4)cn3)cc2)cc1.CC(C)(C)c1ccc(-c2nc(-c3ccc(C(C)(C)C)cc3)nc(-c3ccc(-c4ccc(-c5ccc(C(=O)c6ccccc6)cc5)cc4)nc3)n2)cc1. The van der Waals surface area contributed by atoms with Crippen LogP contribution >= 0.6 is 0 Å². The molecule has 0 saturated heterocycles. The van der Waals surface area contributed by atoms with Crippen LogP contribution in [-0.4, -0.2) is 51.4 Å². The molecule has 0 aliphatic heterocycles. The van der Waals surface area contributed by atoms with Crippen molar-refractivity contribution >= 4 is 11.6 Å². The van der Waals surface area contributed by atoms with Crippen LogP contribution in [0, 0.1) is 0 Å². The van der Waals surface area contributed by atoms with Gasteiger partial charge in [0.15, 0.2) is 46.5 Å². The summed E-state index contributed by atoms with van der Waals surface area (Å²) in [5.74, 6) is 3.73. The zero-order valence-electron chi connectivity index (χ0n) is 58.7. The molecular formula is C89H82N8O2. The number of aromatic nitrogens is 8. The Hall–Kier alpha value is -11.4. The van der Waals surface area contributed by atoms with E-state index in [1.54, 1.807) is 6.92 Å². The van der Waals surface area contributed by atoms with Crippen molar-refractivity contribution in [1.82, 2.24) is 39.9 Å². The molecule has 9 aromatic carbocycles. The number of pyridine rings is 2. The fraction of sp³-hybridized carbons (Fsp3) is 0.191. The smallest absolute Gasteiger partial charge is 0.193 e. The molecule has 10 heteroatoms. The van der Waals surface area contributed by atoms with Gasteiger partial charge in [0, 0.05) is 73.6 Å². The Morgan fingerprint density at radius 2 is 0.455 bits per heavy atom. The Labute approximate surface area is 582 Å². The first-order valence-electron chi connectivity index (χ1n) is 33.7. The standard InChI is InChI=1S/C47H42N4O.C42H40N4O/c1-46(2,3)39-25-20-36(21-26-39)43-49-44(37-22-27-40(28-23-37)47(4,5)6)51-45(50-43)38-24-29-41(48-30-38)33-16-12-31(13-17-33)32-14-18-35(19-15-32)42(52)34-10-8-7-9-11-34;1-27(47)28-8-10-29(11-9-28)30-12-14-31(15-13-30)37-25-20-34(26-43-37)40-45-38(32-16-21-35(22-17-32)41(2,3)4)44-39(46-40)33-18-23-36(24-19-33)42(5,6)7/h7-30H,1-6H3;8-26H,1-7H3. The monoisotopic (exact) mass is 1290 g/mol. The van der Waals surface area contributed by atoms with Crippen LogP contribution in [0.25, 0.3) is 113 Å². The molecule has 4 heterocycles. The van der Waals surface area contributed by atoms with Gasteiger partial charge in [-0.25, -0.2) is 29.9 Å². The summed E-state index contributed by atoms with van der Waals surface area (Å²) in [4.78, 5) is 63.7. The van der Waals surface area contributed by atoms with E-state index in [1.165, 1.54) is 22.3 Å². The van der Waals surface area contributed by atoms with E-state index in [-0.39, 0.29) is 33.2 Å². The maximum absolute atomic E-state index is 12.8. The molecule has 0 aliphatic rings. The lowest BCUT2D eigenvalue weighted by Gasteiger charge is -2.19. The van der Waals surface area contributed by atoms with Gasteiger partial charge in [-0.1, -0.05) is 308 Å². The molecule has 490 valence electrons. The number of carbonyl (C=O) groups excluding carboxylic acids is 2. The van der Waals surface area contributed by atoms with Crippen molar-refractivity contribution in [3.63, 3.8) is 0 Å². The van der Waals surface area contributed by atoms with Crippen molar-refractivity contribution in [1.29, 1.82) is 0 Å². The highest BCUT2D eigenvalue weighted by atomic mass is 16.1. The van der Waals surface area contributed by atoms with E-state index in [0.717, 1.165) is 78.1 Å². The Balaban J connectivity index is 0.000000189.